The molecule has 0 spiro atoms. The molecule has 0 unspecified atom stereocenters. The normalized spacial score (nSPS) is 17.8. The van der Waals surface area contributed by atoms with Gasteiger partial charge in [-0.25, -0.2) is 4.98 Å². The smallest absolute Gasteiger partial charge is 0.356 e. The molecule has 0 N–H and O–H groups in total. The van der Waals surface area contributed by atoms with Gasteiger partial charge in [0.15, 0.2) is 5.69 Å². The van der Waals surface area contributed by atoms with Crippen molar-refractivity contribution in [2.45, 2.75) is 32.0 Å². The minimum Gasteiger partial charge on any atom is -0.356 e. The van der Waals surface area contributed by atoms with Gasteiger partial charge in [0.1, 0.15) is 12.1 Å². The molecule has 2 aromatic heterocycles. The highest BCUT2D eigenvalue weighted by Gasteiger charge is 2.35. The van der Waals surface area contributed by atoms with Crippen molar-refractivity contribution in [2.75, 3.05) is 31.6 Å². The molecule has 126 valence electrons. The third-order valence-electron chi connectivity index (χ3n) is 4.44. The molecule has 0 bridgehead atoms. The van der Waals surface area contributed by atoms with E-state index < -0.39 is 11.9 Å². The number of hydrogen-bond donors (Lipinski definition) is 0. The van der Waals surface area contributed by atoms with Crippen molar-refractivity contribution in [1.29, 1.82) is 0 Å². The zero-order valence-electron chi connectivity index (χ0n) is 13.1. The van der Waals surface area contributed by atoms with E-state index in [-0.39, 0.29) is 11.8 Å². The summed E-state index contributed by atoms with van der Waals surface area (Å²) in [4.78, 5) is 11.6. The summed E-state index contributed by atoms with van der Waals surface area (Å²) in [5.41, 5.74) is -0.939. The number of anilines is 1. The highest BCUT2D eigenvalue weighted by Crippen LogP contribution is 2.31. The van der Waals surface area contributed by atoms with Crippen LogP contribution in [0.2, 0.25) is 0 Å². The predicted molar refractivity (Wildman–Crippen MR) is 79.3 cm³/mol. The van der Waals surface area contributed by atoms with Crippen LogP contribution in [0.1, 0.15) is 25.5 Å². The molecule has 3 heterocycles. The quantitative estimate of drug-likeness (QED) is 0.863. The SMILES string of the molecule is CCN1CCC(N(C)c2cc(C(F)(F)F)nc3ncnn23)CC1. The molecule has 9 heteroatoms. The van der Waals surface area contributed by atoms with Crippen molar-refractivity contribution in [3.63, 3.8) is 0 Å². The topological polar surface area (TPSA) is 49.6 Å². The predicted octanol–water partition coefficient (Wildman–Crippen LogP) is 2.06. The Balaban J connectivity index is 1.93. The third kappa shape index (κ3) is 3.10. The Bertz CT molecular complexity index is 675. The largest absolute Gasteiger partial charge is 0.433 e. The summed E-state index contributed by atoms with van der Waals surface area (Å²) in [6.07, 6.45) is -1.47. The molecule has 1 saturated heterocycles. The van der Waals surface area contributed by atoms with E-state index in [0.717, 1.165) is 38.5 Å². The highest BCUT2D eigenvalue weighted by molar-refractivity contribution is 5.48. The van der Waals surface area contributed by atoms with E-state index in [1.807, 2.05) is 11.9 Å². The molecule has 3 rings (SSSR count). The third-order valence-corrected chi connectivity index (χ3v) is 4.44. The van der Waals surface area contributed by atoms with Crippen LogP contribution in [-0.2, 0) is 6.18 Å². The standard InChI is InChI=1S/C14H19F3N6/c1-3-22-6-4-10(5-7-22)21(2)12-8-11(14(15,16)17)20-13-18-9-19-23(12)13/h8-10H,3-7H2,1-2H3. The molecule has 1 fully saturated rings. The summed E-state index contributed by atoms with van der Waals surface area (Å²) in [6.45, 7) is 5.01. The van der Waals surface area contributed by atoms with E-state index in [9.17, 15) is 13.2 Å². The molecule has 1 aliphatic rings. The Hall–Kier alpha value is -1.90. The number of fused-ring (bicyclic) bond motifs is 1. The number of hydrogen-bond acceptors (Lipinski definition) is 5. The monoisotopic (exact) mass is 328 g/mol. The lowest BCUT2D eigenvalue weighted by Gasteiger charge is -2.37. The van der Waals surface area contributed by atoms with Gasteiger partial charge in [0.25, 0.3) is 5.78 Å². The second-order valence-corrected chi connectivity index (χ2v) is 5.75. The fraction of sp³-hybridized carbons (Fsp3) is 0.643. The molecule has 6 nitrogen and oxygen atoms in total. The van der Waals surface area contributed by atoms with E-state index in [4.69, 9.17) is 0 Å². The van der Waals surface area contributed by atoms with E-state index >= 15 is 0 Å². The Kier molecular flexibility index (Phi) is 4.13. The molecular weight excluding hydrogens is 309 g/mol. The van der Waals surface area contributed by atoms with Gasteiger partial charge in [-0.2, -0.15) is 27.8 Å². The number of likely N-dealkylation sites (tertiary alicyclic amines) is 1. The van der Waals surface area contributed by atoms with Crippen LogP contribution in [0.3, 0.4) is 0 Å². The van der Waals surface area contributed by atoms with Gasteiger partial charge < -0.3 is 9.80 Å². The minimum absolute atomic E-state index is 0.0346. The Labute approximate surface area is 131 Å². The molecule has 0 saturated carbocycles. The molecule has 0 radical (unpaired) electrons. The van der Waals surface area contributed by atoms with E-state index in [1.165, 1.54) is 10.8 Å². The maximum Gasteiger partial charge on any atom is 0.433 e. The Morgan fingerprint density at radius 2 is 2.00 bits per heavy atom. The first kappa shape index (κ1) is 16.0. The number of aromatic nitrogens is 4. The summed E-state index contributed by atoms with van der Waals surface area (Å²) >= 11 is 0. The van der Waals surface area contributed by atoms with Gasteiger partial charge in [-0.05, 0) is 19.4 Å². The number of halogens is 3. The second-order valence-electron chi connectivity index (χ2n) is 5.75. The lowest BCUT2D eigenvalue weighted by atomic mass is 10.0. The van der Waals surface area contributed by atoms with Crippen LogP contribution >= 0.6 is 0 Å². The maximum absolute atomic E-state index is 13.1. The first-order chi connectivity index (χ1) is 10.9. The summed E-state index contributed by atoms with van der Waals surface area (Å²) in [5.74, 6) is 0.336. The van der Waals surface area contributed by atoms with E-state index in [1.54, 1.807) is 0 Å². The molecule has 1 aliphatic heterocycles. The van der Waals surface area contributed by atoms with Crippen LogP contribution in [0, 0.1) is 0 Å². The Morgan fingerprint density at radius 3 is 2.61 bits per heavy atom. The molecule has 0 aromatic carbocycles. The number of alkyl halides is 3. The van der Waals surface area contributed by atoms with Crippen molar-refractivity contribution < 1.29 is 13.2 Å². The zero-order valence-corrected chi connectivity index (χ0v) is 13.1. The van der Waals surface area contributed by atoms with Gasteiger partial charge in [-0.3, -0.25) is 0 Å². The van der Waals surface area contributed by atoms with Crippen LogP contribution < -0.4 is 4.90 Å². The number of rotatable bonds is 3. The van der Waals surface area contributed by atoms with Crippen molar-refractivity contribution in [3.8, 4) is 0 Å². The molecular formula is C14H19F3N6. The van der Waals surface area contributed by atoms with Gasteiger partial charge >= 0.3 is 6.18 Å². The molecule has 23 heavy (non-hydrogen) atoms. The van der Waals surface area contributed by atoms with Crippen LogP contribution in [0.25, 0.3) is 5.78 Å². The second kappa shape index (κ2) is 5.95. The number of piperidine rings is 1. The van der Waals surface area contributed by atoms with Crippen molar-refractivity contribution in [2.24, 2.45) is 0 Å². The summed E-state index contributed by atoms with van der Waals surface area (Å²) < 4.78 is 40.5. The van der Waals surface area contributed by atoms with Gasteiger partial charge in [0.2, 0.25) is 0 Å². The van der Waals surface area contributed by atoms with Gasteiger partial charge in [-0.15, -0.1) is 0 Å². The Morgan fingerprint density at radius 1 is 1.30 bits per heavy atom. The summed E-state index contributed by atoms with van der Waals surface area (Å²) in [5, 5.41) is 4.01. The van der Waals surface area contributed by atoms with Crippen molar-refractivity contribution >= 4 is 11.6 Å². The fourth-order valence-corrected chi connectivity index (χ4v) is 3.00. The molecule has 0 amide bonds. The maximum atomic E-state index is 13.1. The first-order valence-electron chi connectivity index (χ1n) is 7.63. The van der Waals surface area contributed by atoms with Gasteiger partial charge in [0.05, 0.1) is 0 Å². The fourth-order valence-electron chi connectivity index (χ4n) is 3.00. The minimum atomic E-state index is -4.51. The summed E-state index contributed by atoms with van der Waals surface area (Å²) in [6, 6.07) is 1.22. The molecule has 0 aliphatic carbocycles. The van der Waals surface area contributed by atoms with E-state index in [0.29, 0.717) is 5.82 Å². The highest BCUT2D eigenvalue weighted by atomic mass is 19.4. The summed E-state index contributed by atoms with van der Waals surface area (Å²) in [7, 11) is 1.81. The average molecular weight is 328 g/mol. The molecule has 2 aromatic rings. The van der Waals surface area contributed by atoms with Gasteiger partial charge in [-0.1, -0.05) is 6.92 Å². The lowest BCUT2D eigenvalue weighted by molar-refractivity contribution is -0.141. The number of nitrogens with zero attached hydrogens (tertiary/aromatic N) is 6. The van der Waals surface area contributed by atoms with Crippen molar-refractivity contribution in [3.05, 3.63) is 18.1 Å². The zero-order chi connectivity index (χ0) is 16.6. The van der Waals surface area contributed by atoms with Crippen LogP contribution in [0.5, 0.6) is 0 Å². The molecule has 0 atom stereocenters. The first-order valence-corrected chi connectivity index (χ1v) is 7.63. The van der Waals surface area contributed by atoms with E-state index in [2.05, 4.69) is 26.9 Å². The lowest BCUT2D eigenvalue weighted by Crippen LogP contribution is -2.44. The van der Waals surface area contributed by atoms with Crippen LogP contribution in [0.15, 0.2) is 12.4 Å². The average Bonchev–Trinajstić information content (AvgIpc) is 3.01. The van der Waals surface area contributed by atoms with Crippen molar-refractivity contribution in [1.82, 2.24) is 24.5 Å². The van der Waals surface area contributed by atoms with Crippen LogP contribution in [0.4, 0.5) is 19.0 Å². The van der Waals surface area contributed by atoms with Gasteiger partial charge in [0, 0.05) is 32.2 Å². The van der Waals surface area contributed by atoms with Crippen LogP contribution in [-0.4, -0.2) is 57.2 Å².